The van der Waals surface area contributed by atoms with Crippen LogP contribution in [0.1, 0.15) is 18.1 Å². The van der Waals surface area contributed by atoms with Crippen LogP contribution in [0, 0.1) is 11.3 Å². The average molecular weight is 285 g/mol. The number of nitriles is 1. The Morgan fingerprint density at radius 1 is 1.43 bits per heavy atom. The van der Waals surface area contributed by atoms with Crippen LogP contribution in [0.25, 0.3) is 5.57 Å². The molecule has 1 aliphatic rings. The fourth-order valence-electron chi connectivity index (χ4n) is 1.68. The van der Waals surface area contributed by atoms with E-state index in [1.54, 1.807) is 31.2 Å². The Labute approximate surface area is 121 Å². The highest BCUT2D eigenvalue weighted by atomic mass is 19.1. The van der Waals surface area contributed by atoms with Crippen molar-refractivity contribution in [2.45, 2.75) is 6.92 Å². The second-order valence-electron chi connectivity index (χ2n) is 4.29. The molecule has 0 aliphatic carbocycles. The van der Waals surface area contributed by atoms with Gasteiger partial charge in [0.25, 0.3) is 0 Å². The van der Waals surface area contributed by atoms with E-state index in [-0.39, 0.29) is 11.1 Å². The number of halogens is 1. The Hall–Kier alpha value is -2.94. The van der Waals surface area contributed by atoms with Gasteiger partial charge in [0.05, 0.1) is 24.3 Å². The summed E-state index contributed by atoms with van der Waals surface area (Å²) in [6.07, 6.45) is 1.29. The molecule has 0 radical (unpaired) electrons. The predicted octanol–water partition coefficient (Wildman–Crippen LogP) is 2.27. The minimum absolute atomic E-state index is 0.205. The van der Waals surface area contributed by atoms with Gasteiger partial charge in [0.1, 0.15) is 5.83 Å². The number of allylic oxidation sites excluding steroid dienone is 1. The van der Waals surface area contributed by atoms with Crippen LogP contribution >= 0.6 is 0 Å². The fraction of sp³-hybridized carbons (Fsp3) is 0.133. The standard InChI is InChI=1S/C15H12FN3O2/c1-9(11-5-3-10(8-17)4-6-11)14(16)12(15(20)21-2)7-13-18-19-13/h3-7H,1-2H3,(H,18,19)/b12-7+,14-9-. The van der Waals surface area contributed by atoms with Crippen LogP contribution in [0.4, 0.5) is 4.39 Å². The van der Waals surface area contributed by atoms with Crippen LogP contribution in [0.5, 0.6) is 0 Å². The number of hydrogen-bond acceptors (Lipinski definition) is 5. The monoisotopic (exact) mass is 285 g/mol. The lowest BCUT2D eigenvalue weighted by molar-refractivity contribution is -0.135. The lowest BCUT2D eigenvalue weighted by Crippen LogP contribution is -2.08. The molecule has 0 atom stereocenters. The van der Waals surface area contributed by atoms with Gasteiger partial charge in [0.15, 0.2) is 5.84 Å². The Kier molecular flexibility index (Phi) is 4.14. The van der Waals surface area contributed by atoms with Crippen molar-refractivity contribution < 1.29 is 13.9 Å². The largest absolute Gasteiger partial charge is 0.465 e. The van der Waals surface area contributed by atoms with Gasteiger partial charge >= 0.3 is 5.97 Å². The molecule has 1 aromatic rings. The Morgan fingerprint density at radius 2 is 2.05 bits per heavy atom. The SMILES string of the molecule is COC(=O)C(=C/C1=NN1)/C(F)=C(\C)c1ccc(C#N)cc1. The van der Waals surface area contributed by atoms with E-state index in [0.29, 0.717) is 17.0 Å². The lowest BCUT2D eigenvalue weighted by atomic mass is 10.0. The van der Waals surface area contributed by atoms with Crippen LogP contribution in [0.15, 0.2) is 46.8 Å². The minimum atomic E-state index is -0.781. The van der Waals surface area contributed by atoms with Gasteiger partial charge in [-0.25, -0.2) is 9.18 Å². The first kappa shape index (κ1) is 14.5. The van der Waals surface area contributed by atoms with Crippen molar-refractivity contribution in [1.82, 2.24) is 5.43 Å². The van der Waals surface area contributed by atoms with E-state index in [2.05, 4.69) is 15.3 Å². The summed E-state index contributed by atoms with van der Waals surface area (Å²) < 4.78 is 19.1. The number of nitrogens with one attached hydrogen (secondary N) is 1. The Bertz CT molecular complexity index is 709. The third-order valence-electron chi connectivity index (χ3n) is 2.94. The van der Waals surface area contributed by atoms with Gasteiger partial charge in [0.2, 0.25) is 0 Å². The number of benzene rings is 1. The van der Waals surface area contributed by atoms with Crippen molar-refractivity contribution in [1.29, 1.82) is 5.26 Å². The molecule has 2 rings (SSSR count). The number of methoxy groups -OCH3 is 1. The maximum Gasteiger partial charge on any atom is 0.340 e. The second kappa shape index (κ2) is 6.01. The average Bonchev–Trinajstić information content (AvgIpc) is 3.34. The molecule has 1 heterocycles. The van der Waals surface area contributed by atoms with Crippen LogP contribution < -0.4 is 5.43 Å². The highest BCUT2D eigenvalue weighted by Crippen LogP contribution is 2.26. The molecule has 1 aliphatic heterocycles. The number of carbonyl (C=O) groups is 1. The molecule has 0 amide bonds. The first-order valence-corrected chi connectivity index (χ1v) is 6.08. The molecule has 21 heavy (non-hydrogen) atoms. The molecule has 1 aromatic carbocycles. The first-order chi connectivity index (χ1) is 10.1. The van der Waals surface area contributed by atoms with Gasteiger partial charge in [-0.05, 0) is 30.2 Å². The summed E-state index contributed by atoms with van der Waals surface area (Å²) in [5, 5.41) is 12.4. The van der Waals surface area contributed by atoms with E-state index in [1.807, 2.05) is 6.07 Å². The number of ether oxygens (including phenoxy) is 1. The highest BCUT2D eigenvalue weighted by molar-refractivity contribution is 6.08. The van der Waals surface area contributed by atoms with Gasteiger partial charge in [-0.2, -0.15) is 10.4 Å². The molecule has 0 aromatic heterocycles. The lowest BCUT2D eigenvalue weighted by Gasteiger charge is -2.07. The van der Waals surface area contributed by atoms with Gasteiger partial charge in [-0.1, -0.05) is 12.1 Å². The molecular formula is C15H12FN3O2. The molecule has 5 nitrogen and oxygen atoms in total. The van der Waals surface area contributed by atoms with Crippen LogP contribution in [0.3, 0.4) is 0 Å². The second-order valence-corrected chi connectivity index (χ2v) is 4.29. The molecule has 0 unspecified atom stereocenters. The number of esters is 1. The molecule has 6 heteroatoms. The van der Waals surface area contributed by atoms with Crippen molar-refractivity contribution in [2.75, 3.05) is 7.11 Å². The Morgan fingerprint density at radius 3 is 2.52 bits per heavy atom. The summed E-state index contributed by atoms with van der Waals surface area (Å²) in [4.78, 5) is 11.7. The maximum atomic E-state index is 14.5. The topological polar surface area (TPSA) is 84.4 Å². The summed E-state index contributed by atoms with van der Waals surface area (Å²) in [6, 6.07) is 8.40. The van der Waals surface area contributed by atoms with Crippen LogP contribution in [0.2, 0.25) is 0 Å². The zero-order valence-corrected chi connectivity index (χ0v) is 11.5. The minimum Gasteiger partial charge on any atom is -0.465 e. The van der Waals surface area contributed by atoms with Gasteiger partial charge < -0.3 is 4.74 Å². The number of nitrogens with zero attached hydrogens (tertiary/aromatic N) is 2. The summed E-state index contributed by atoms with van der Waals surface area (Å²) in [5.41, 5.74) is 3.65. The predicted molar refractivity (Wildman–Crippen MR) is 75.5 cm³/mol. The van der Waals surface area contributed by atoms with Crippen molar-refractivity contribution in [3.05, 3.63) is 52.9 Å². The van der Waals surface area contributed by atoms with Gasteiger partial charge in [-0.3, -0.25) is 5.43 Å². The third kappa shape index (κ3) is 3.34. The molecule has 0 saturated heterocycles. The highest BCUT2D eigenvalue weighted by Gasteiger charge is 2.21. The van der Waals surface area contributed by atoms with Crippen molar-refractivity contribution in [3.63, 3.8) is 0 Å². The van der Waals surface area contributed by atoms with Gasteiger partial charge in [-0.15, -0.1) is 0 Å². The molecule has 1 N–H and O–H groups in total. The van der Waals surface area contributed by atoms with Crippen molar-refractivity contribution in [2.24, 2.45) is 5.10 Å². The number of hydrazone groups is 1. The summed E-state index contributed by atoms with van der Waals surface area (Å²) in [6.45, 7) is 1.55. The smallest absolute Gasteiger partial charge is 0.340 e. The molecule has 0 bridgehead atoms. The quantitative estimate of drug-likeness (QED) is 0.522. The normalized spacial score (nSPS) is 14.4. The summed E-state index contributed by atoms with van der Waals surface area (Å²) in [7, 11) is 1.18. The van der Waals surface area contributed by atoms with E-state index in [1.165, 1.54) is 13.2 Å². The van der Waals surface area contributed by atoms with Crippen LogP contribution in [-0.2, 0) is 9.53 Å². The third-order valence-corrected chi connectivity index (χ3v) is 2.94. The van der Waals surface area contributed by atoms with E-state index in [9.17, 15) is 9.18 Å². The summed E-state index contributed by atoms with van der Waals surface area (Å²) in [5.74, 6) is -1.06. The van der Waals surface area contributed by atoms with Gasteiger partial charge in [0, 0.05) is 6.08 Å². The van der Waals surface area contributed by atoms with E-state index >= 15 is 0 Å². The zero-order valence-electron chi connectivity index (χ0n) is 11.5. The fourth-order valence-corrected chi connectivity index (χ4v) is 1.68. The van der Waals surface area contributed by atoms with Crippen molar-refractivity contribution >= 4 is 17.4 Å². The zero-order chi connectivity index (χ0) is 15.4. The summed E-state index contributed by atoms with van der Waals surface area (Å²) >= 11 is 0. The number of rotatable bonds is 4. The molecule has 106 valence electrons. The molecular weight excluding hydrogens is 273 g/mol. The maximum absolute atomic E-state index is 14.5. The Balaban J connectivity index is 2.40. The molecule has 0 fully saturated rings. The number of amidine groups is 1. The first-order valence-electron chi connectivity index (χ1n) is 6.08. The van der Waals surface area contributed by atoms with E-state index in [4.69, 9.17) is 5.26 Å². The molecule has 0 spiro atoms. The van der Waals surface area contributed by atoms with E-state index in [0.717, 1.165) is 0 Å². The van der Waals surface area contributed by atoms with E-state index < -0.39 is 11.8 Å². The number of hydrogen-bond donors (Lipinski definition) is 1. The molecule has 0 saturated carbocycles. The van der Waals surface area contributed by atoms with Crippen molar-refractivity contribution in [3.8, 4) is 6.07 Å². The van der Waals surface area contributed by atoms with Crippen LogP contribution in [-0.4, -0.2) is 18.9 Å². The number of carbonyl (C=O) groups excluding carboxylic acids is 1.